The summed E-state index contributed by atoms with van der Waals surface area (Å²) in [6, 6.07) is 12.7. The first-order valence-corrected chi connectivity index (χ1v) is 9.55. The summed E-state index contributed by atoms with van der Waals surface area (Å²) < 4.78 is 0. The van der Waals surface area contributed by atoms with Gasteiger partial charge in [0.15, 0.2) is 5.82 Å². The van der Waals surface area contributed by atoms with Gasteiger partial charge < -0.3 is 14.8 Å². The van der Waals surface area contributed by atoms with E-state index in [1.54, 1.807) is 0 Å². The Hall–Kier alpha value is -2.57. The van der Waals surface area contributed by atoms with Gasteiger partial charge >= 0.3 is 0 Å². The summed E-state index contributed by atoms with van der Waals surface area (Å²) in [4.78, 5) is 13.0. The second-order valence-corrected chi connectivity index (χ2v) is 7.79. The molecular formula is C20H21ClN6. The number of fused-ring (bicyclic) bond motifs is 2. The molecule has 2 aromatic carbocycles. The highest BCUT2D eigenvalue weighted by molar-refractivity contribution is 6.31. The zero-order chi connectivity index (χ0) is 18.5. The average molecular weight is 381 g/mol. The van der Waals surface area contributed by atoms with Gasteiger partial charge in [-0.2, -0.15) is 5.10 Å². The molecule has 0 aliphatic carbocycles. The molecule has 27 heavy (non-hydrogen) atoms. The van der Waals surface area contributed by atoms with E-state index in [2.05, 4.69) is 57.2 Å². The van der Waals surface area contributed by atoms with Crippen molar-refractivity contribution >= 4 is 39.2 Å². The molecule has 3 heterocycles. The number of aromatic nitrogens is 4. The molecule has 1 atom stereocenters. The van der Waals surface area contributed by atoms with Gasteiger partial charge in [0.1, 0.15) is 5.69 Å². The summed E-state index contributed by atoms with van der Waals surface area (Å²) in [6.45, 7) is 5.47. The van der Waals surface area contributed by atoms with Crippen molar-refractivity contribution in [3.05, 3.63) is 41.4 Å². The van der Waals surface area contributed by atoms with Gasteiger partial charge in [-0.25, -0.2) is 4.98 Å². The molecule has 1 fully saturated rings. The molecule has 1 aliphatic heterocycles. The van der Waals surface area contributed by atoms with Crippen molar-refractivity contribution in [2.24, 2.45) is 0 Å². The van der Waals surface area contributed by atoms with E-state index in [1.807, 2.05) is 18.2 Å². The lowest BCUT2D eigenvalue weighted by molar-refractivity contribution is 0.275. The van der Waals surface area contributed by atoms with Crippen molar-refractivity contribution in [3.63, 3.8) is 0 Å². The van der Waals surface area contributed by atoms with Gasteiger partial charge in [-0.3, -0.25) is 5.10 Å². The zero-order valence-corrected chi connectivity index (χ0v) is 16.1. The predicted octanol–water partition coefficient (Wildman–Crippen LogP) is 3.90. The molecule has 2 aromatic heterocycles. The minimum atomic E-state index is 0.489. The topological polar surface area (TPSA) is 63.8 Å². The fourth-order valence-electron chi connectivity index (χ4n) is 3.98. The lowest BCUT2D eigenvalue weighted by atomic mass is 10.1. The van der Waals surface area contributed by atoms with Crippen LogP contribution in [-0.2, 0) is 0 Å². The molecule has 0 amide bonds. The first kappa shape index (κ1) is 16.6. The van der Waals surface area contributed by atoms with Gasteiger partial charge in [0.05, 0.1) is 16.6 Å². The maximum atomic E-state index is 6.07. The fraction of sp³-hybridized carbons (Fsp3) is 0.300. The molecule has 7 heteroatoms. The minimum absolute atomic E-state index is 0.489. The number of aromatic amines is 2. The number of hydrogen-bond acceptors (Lipinski definition) is 4. The van der Waals surface area contributed by atoms with Crippen molar-refractivity contribution in [2.45, 2.75) is 13.0 Å². The number of halogens is 1. The summed E-state index contributed by atoms with van der Waals surface area (Å²) in [5.41, 5.74) is 4.92. The number of imidazole rings is 1. The van der Waals surface area contributed by atoms with Gasteiger partial charge in [-0.1, -0.05) is 11.6 Å². The Kier molecular flexibility index (Phi) is 3.84. The molecule has 4 aromatic rings. The SMILES string of the molecule is C[C@@H]1CN(C)CCN1c1ccc2nc(-c3n[nH]c4cc(Cl)ccc34)[nH]c2c1. The van der Waals surface area contributed by atoms with Crippen molar-refractivity contribution in [3.8, 4) is 11.5 Å². The average Bonchev–Trinajstić information content (AvgIpc) is 3.24. The van der Waals surface area contributed by atoms with E-state index in [9.17, 15) is 0 Å². The van der Waals surface area contributed by atoms with Crippen LogP contribution in [0.4, 0.5) is 5.69 Å². The molecule has 0 spiro atoms. The lowest BCUT2D eigenvalue weighted by Crippen LogP contribution is -2.50. The Bertz CT molecular complexity index is 1130. The smallest absolute Gasteiger partial charge is 0.159 e. The van der Waals surface area contributed by atoms with E-state index in [0.29, 0.717) is 11.1 Å². The highest BCUT2D eigenvalue weighted by Gasteiger charge is 2.22. The van der Waals surface area contributed by atoms with Crippen LogP contribution in [0.1, 0.15) is 6.92 Å². The van der Waals surface area contributed by atoms with Crippen LogP contribution in [0, 0.1) is 0 Å². The number of nitrogens with one attached hydrogen (secondary N) is 2. The number of likely N-dealkylation sites (N-methyl/N-ethyl adjacent to an activating group) is 1. The number of H-pyrrole nitrogens is 2. The van der Waals surface area contributed by atoms with E-state index >= 15 is 0 Å². The first-order valence-electron chi connectivity index (χ1n) is 9.17. The Morgan fingerprint density at radius 2 is 2.00 bits per heavy atom. The molecule has 5 rings (SSSR count). The summed E-state index contributed by atoms with van der Waals surface area (Å²) in [6.07, 6.45) is 0. The van der Waals surface area contributed by atoms with E-state index < -0.39 is 0 Å². The van der Waals surface area contributed by atoms with E-state index in [1.165, 1.54) is 5.69 Å². The number of benzene rings is 2. The molecular weight excluding hydrogens is 360 g/mol. The third-order valence-electron chi connectivity index (χ3n) is 5.38. The minimum Gasteiger partial charge on any atom is -0.366 e. The van der Waals surface area contributed by atoms with Crippen LogP contribution in [0.25, 0.3) is 33.5 Å². The number of piperazine rings is 1. The quantitative estimate of drug-likeness (QED) is 0.553. The van der Waals surface area contributed by atoms with Gasteiger partial charge in [0, 0.05) is 41.8 Å². The normalized spacial score (nSPS) is 18.6. The summed E-state index contributed by atoms with van der Waals surface area (Å²) in [5.74, 6) is 0.766. The molecule has 6 nitrogen and oxygen atoms in total. The standard InChI is InChI=1S/C20H21ClN6/c1-12-11-26(2)7-8-27(12)14-4-6-16-18(10-14)23-20(22-16)19-15-5-3-13(21)9-17(15)24-25-19/h3-6,9-10,12H,7-8,11H2,1-2H3,(H,22,23)(H,24,25)/t12-/m1/s1. The Labute approximate surface area is 162 Å². The molecule has 0 radical (unpaired) electrons. The molecule has 0 unspecified atom stereocenters. The monoisotopic (exact) mass is 380 g/mol. The third kappa shape index (κ3) is 2.85. The van der Waals surface area contributed by atoms with E-state index in [0.717, 1.165) is 53.1 Å². The fourth-order valence-corrected chi connectivity index (χ4v) is 4.16. The second-order valence-electron chi connectivity index (χ2n) is 7.35. The maximum Gasteiger partial charge on any atom is 0.159 e. The highest BCUT2D eigenvalue weighted by atomic mass is 35.5. The molecule has 2 N–H and O–H groups in total. The lowest BCUT2D eigenvalue weighted by Gasteiger charge is -2.39. The van der Waals surface area contributed by atoms with Crippen LogP contribution in [0.15, 0.2) is 36.4 Å². The van der Waals surface area contributed by atoms with Gasteiger partial charge in [-0.15, -0.1) is 0 Å². The van der Waals surface area contributed by atoms with Crippen LogP contribution in [0.5, 0.6) is 0 Å². The van der Waals surface area contributed by atoms with Crippen LogP contribution in [0.2, 0.25) is 5.02 Å². The van der Waals surface area contributed by atoms with Crippen LogP contribution in [-0.4, -0.2) is 57.8 Å². The third-order valence-corrected chi connectivity index (χ3v) is 5.61. The second kappa shape index (κ2) is 6.25. The van der Waals surface area contributed by atoms with Crippen molar-refractivity contribution < 1.29 is 0 Å². The molecule has 0 saturated carbocycles. The zero-order valence-electron chi connectivity index (χ0n) is 15.3. The van der Waals surface area contributed by atoms with E-state index in [4.69, 9.17) is 16.6 Å². The van der Waals surface area contributed by atoms with Crippen molar-refractivity contribution in [2.75, 3.05) is 31.6 Å². The highest BCUT2D eigenvalue weighted by Crippen LogP contribution is 2.30. The molecule has 1 aliphatic rings. The number of anilines is 1. The van der Waals surface area contributed by atoms with Crippen molar-refractivity contribution in [1.82, 2.24) is 25.1 Å². The van der Waals surface area contributed by atoms with Crippen molar-refractivity contribution in [1.29, 1.82) is 0 Å². The first-order chi connectivity index (χ1) is 13.1. The van der Waals surface area contributed by atoms with E-state index in [-0.39, 0.29) is 0 Å². The Balaban J connectivity index is 1.54. The van der Waals surface area contributed by atoms with Gasteiger partial charge in [-0.05, 0) is 50.4 Å². The number of rotatable bonds is 2. The summed E-state index contributed by atoms with van der Waals surface area (Å²) in [7, 11) is 2.18. The predicted molar refractivity (Wildman–Crippen MR) is 110 cm³/mol. The van der Waals surface area contributed by atoms with Gasteiger partial charge in [0.2, 0.25) is 0 Å². The number of hydrogen-bond donors (Lipinski definition) is 2. The Morgan fingerprint density at radius 3 is 2.85 bits per heavy atom. The largest absolute Gasteiger partial charge is 0.366 e. The van der Waals surface area contributed by atoms with Crippen LogP contribution < -0.4 is 4.90 Å². The molecule has 1 saturated heterocycles. The molecule has 138 valence electrons. The Morgan fingerprint density at radius 1 is 1.11 bits per heavy atom. The van der Waals surface area contributed by atoms with Crippen LogP contribution in [0.3, 0.4) is 0 Å². The van der Waals surface area contributed by atoms with Gasteiger partial charge in [0.25, 0.3) is 0 Å². The summed E-state index contributed by atoms with van der Waals surface area (Å²) >= 11 is 6.07. The maximum absolute atomic E-state index is 6.07. The molecule has 0 bridgehead atoms. The van der Waals surface area contributed by atoms with Crippen LogP contribution >= 0.6 is 11.6 Å². The summed E-state index contributed by atoms with van der Waals surface area (Å²) in [5, 5.41) is 9.17. The number of nitrogens with zero attached hydrogens (tertiary/aromatic N) is 4.